The number of thiol groups is 1. The zero-order valence-corrected chi connectivity index (χ0v) is 9.43. The third kappa shape index (κ3) is 2.20. The maximum atomic E-state index is 11.6. The number of nitrogens with zero attached hydrogens (tertiary/aromatic N) is 1. The Morgan fingerprint density at radius 2 is 2.07 bits per heavy atom. The number of amides is 1. The Bertz CT molecular complexity index is 350. The van der Waals surface area contributed by atoms with E-state index in [1.165, 1.54) is 0 Å². The van der Waals surface area contributed by atoms with Crippen molar-refractivity contribution < 1.29 is 4.79 Å². The molecule has 76 valence electrons. The van der Waals surface area contributed by atoms with Crippen LogP contribution in [0.25, 0.3) is 0 Å². The Kier molecular flexibility index (Phi) is 3.41. The van der Waals surface area contributed by atoms with Gasteiger partial charge in [0.2, 0.25) is 0 Å². The number of rotatable bonds is 2. The van der Waals surface area contributed by atoms with Crippen LogP contribution in [-0.4, -0.2) is 24.9 Å². The first-order chi connectivity index (χ1) is 6.56. The van der Waals surface area contributed by atoms with Crippen LogP contribution >= 0.6 is 12.8 Å². The number of carbonyl (C=O) groups excluding carboxylic acids is 1. The molecule has 1 rings (SSSR count). The molecule has 0 radical (unpaired) electrons. The molecule has 0 saturated carbocycles. The lowest BCUT2D eigenvalue weighted by Gasteiger charge is -2.12. The summed E-state index contributed by atoms with van der Waals surface area (Å²) in [6, 6.07) is 5.51. The monoisotopic (exact) mass is 210 g/mol. The molecule has 4 heteroatoms. The minimum atomic E-state index is -0.00478. The van der Waals surface area contributed by atoms with E-state index in [0.717, 1.165) is 11.3 Å². The van der Waals surface area contributed by atoms with Gasteiger partial charge in [0.15, 0.2) is 0 Å². The number of anilines is 1. The normalized spacial score (nSPS) is 9.71. The zero-order chi connectivity index (χ0) is 10.7. The molecular weight excluding hydrogens is 196 g/mol. The van der Waals surface area contributed by atoms with E-state index >= 15 is 0 Å². The number of hydrogen-bond donors (Lipinski definition) is 2. The maximum Gasteiger partial charge on any atom is 0.253 e. The van der Waals surface area contributed by atoms with E-state index in [4.69, 9.17) is 0 Å². The highest BCUT2D eigenvalue weighted by atomic mass is 32.1. The molecule has 3 nitrogen and oxygen atoms in total. The van der Waals surface area contributed by atoms with Crippen LogP contribution in [0.5, 0.6) is 0 Å². The summed E-state index contributed by atoms with van der Waals surface area (Å²) in [6.45, 7) is 1.96. The third-order valence-electron chi connectivity index (χ3n) is 2.01. The standard InChI is InChI=1S/C10H14N2OS/c1-7-4-5-8(6-9(7)11-14)10(13)12(2)3/h4-6,11,14H,1-3H3. The summed E-state index contributed by atoms with van der Waals surface area (Å²) >= 11 is 3.97. The van der Waals surface area contributed by atoms with Gasteiger partial charge < -0.3 is 9.62 Å². The number of benzene rings is 1. The number of nitrogens with one attached hydrogen (secondary N) is 1. The van der Waals surface area contributed by atoms with Crippen LogP contribution in [0.15, 0.2) is 18.2 Å². The van der Waals surface area contributed by atoms with Crippen LogP contribution in [0.1, 0.15) is 15.9 Å². The summed E-state index contributed by atoms with van der Waals surface area (Å²) in [5, 5.41) is 0. The van der Waals surface area contributed by atoms with E-state index in [1.54, 1.807) is 25.1 Å². The molecule has 0 bridgehead atoms. The predicted octanol–water partition coefficient (Wildman–Crippen LogP) is 1.95. The Morgan fingerprint density at radius 1 is 1.43 bits per heavy atom. The molecule has 1 amide bonds. The first-order valence-electron chi connectivity index (χ1n) is 4.28. The Labute approximate surface area is 89.7 Å². The molecule has 0 aliphatic carbocycles. The van der Waals surface area contributed by atoms with Crippen LogP contribution in [-0.2, 0) is 0 Å². The highest BCUT2D eigenvalue weighted by molar-refractivity contribution is 7.81. The summed E-state index contributed by atoms with van der Waals surface area (Å²) in [5.74, 6) is -0.00478. The fraction of sp³-hybridized carbons (Fsp3) is 0.300. The van der Waals surface area contributed by atoms with Crippen LogP contribution in [0, 0.1) is 6.92 Å². The van der Waals surface area contributed by atoms with Gasteiger partial charge in [-0.3, -0.25) is 4.79 Å². The summed E-state index contributed by atoms with van der Waals surface area (Å²) < 4.78 is 2.75. The van der Waals surface area contributed by atoms with Crippen molar-refractivity contribution in [3.8, 4) is 0 Å². The van der Waals surface area contributed by atoms with Gasteiger partial charge in [-0.25, -0.2) is 0 Å². The Morgan fingerprint density at radius 3 is 2.57 bits per heavy atom. The molecule has 14 heavy (non-hydrogen) atoms. The zero-order valence-electron chi connectivity index (χ0n) is 8.53. The van der Waals surface area contributed by atoms with Crippen molar-refractivity contribution >= 4 is 24.4 Å². The van der Waals surface area contributed by atoms with E-state index < -0.39 is 0 Å². The third-order valence-corrected chi connectivity index (χ3v) is 2.25. The molecule has 0 unspecified atom stereocenters. The van der Waals surface area contributed by atoms with Gasteiger partial charge in [-0.15, -0.1) is 0 Å². The highest BCUT2D eigenvalue weighted by Crippen LogP contribution is 2.18. The first-order valence-corrected chi connectivity index (χ1v) is 4.73. The van der Waals surface area contributed by atoms with E-state index in [0.29, 0.717) is 5.56 Å². The summed E-state index contributed by atoms with van der Waals surface area (Å²) in [7, 11) is 3.46. The minimum absolute atomic E-state index is 0.00478. The summed E-state index contributed by atoms with van der Waals surface area (Å²) in [6.07, 6.45) is 0. The SMILES string of the molecule is Cc1ccc(C(=O)N(C)C)cc1NS. The fourth-order valence-corrected chi connectivity index (χ4v) is 1.37. The second kappa shape index (κ2) is 4.37. The van der Waals surface area contributed by atoms with E-state index in [2.05, 4.69) is 17.5 Å². The van der Waals surface area contributed by atoms with Gasteiger partial charge in [0.05, 0.1) is 0 Å². The van der Waals surface area contributed by atoms with Crippen molar-refractivity contribution in [2.24, 2.45) is 0 Å². The average molecular weight is 210 g/mol. The van der Waals surface area contributed by atoms with Gasteiger partial charge in [-0.2, -0.15) is 0 Å². The van der Waals surface area contributed by atoms with Crippen molar-refractivity contribution in [3.63, 3.8) is 0 Å². The number of aryl methyl sites for hydroxylation is 1. The lowest BCUT2D eigenvalue weighted by molar-refractivity contribution is 0.0827. The number of hydrogen-bond acceptors (Lipinski definition) is 3. The van der Waals surface area contributed by atoms with E-state index in [-0.39, 0.29) is 5.91 Å². The lowest BCUT2D eigenvalue weighted by Crippen LogP contribution is -2.21. The molecule has 0 aliphatic heterocycles. The molecule has 0 aliphatic rings. The summed E-state index contributed by atoms with van der Waals surface area (Å²) in [5.41, 5.74) is 2.59. The van der Waals surface area contributed by atoms with Gasteiger partial charge >= 0.3 is 0 Å². The molecule has 1 aromatic carbocycles. The fourth-order valence-electron chi connectivity index (χ4n) is 1.13. The van der Waals surface area contributed by atoms with Crippen LogP contribution in [0.3, 0.4) is 0 Å². The second-order valence-corrected chi connectivity index (χ2v) is 3.56. The van der Waals surface area contributed by atoms with Crippen molar-refractivity contribution in [1.82, 2.24) is 4.90 Å². The molecular formula is C10H14N2OS. The van der Waals surface area contributed by atoms with Crippen molar-refractivity contribution in [2.75, 3.05) is 18.8 Å². The van der Waals surface area contributed by atoms with Crippen molar-refractivity contribution in [3.05, 3.63) is 29.3 Å². The molecule has 0 atom stereocenters. The largest absolute Gasteiger partial charge is 0.345 e. The van der Waals surface area contributed by atoms with Crippen molar-refractivity contribution in [2.45, 2.75) is 6.92 Å². The summed E-state index contributed by atoms with van der Waals surface area (Å²) in [4.78, 5) is 13.1. The van der Waals surface area contributed by atoms with Gasteiger partial charge in [0.25, 0.3) is 5.91 Å². The topological polar surface area (TPSA) is 32.3 Å². The molecule has 0 aromatic heterocycles. The second-order valence-electron chi connectivity index (χ2n) is 3.34. The molecule has 0 heterocycles. The van der Waals surface area contributed by atoms with Gasteiger partial charge in [-0.05, 0) is 24.6 Å². The molecule has 1 N–H and O–H groups in total. The highest BCUT2D eigenvalue weighted by Gasteiger charge is 2.08. The quantitative estimate of drug-likeness (QED) is 0.731. The average Bonchev–Trinajstić information content (AvgIpc) is 2.17. The number of carbonyl (C=O) groups is 1. The smallest absolute Gasteiger partial charge is 0.253 e. The van der Waals surface area contributed by atoms with E-state index in [9.17, 15) is 4.79 Å². The van der Waals surface area contributed by atoms with Gasteiger partial charge in [-0.1, -0.05) is 18.9 Å². The van der Waals surface area contributed by atoms with Crippen LogP contribution in [0.4, 0.5) is 5.69 Å². The van der Waals surface area contributed by atoms with Crippen molar-refractivity contribution in [1.29, 1.82) is 0 Å². The molecule has 1 aromatic rings. The van der Waals surface area contributed by atoms with Crippen LogP contribution < -0.4 is 4.72 Å². The molecule has 0 spiro atoms. The molecule has 0 saturated heterocycles. The lowest BCUT2D eigenvalue weighted by atomic mass is 10.1. The minimum Gasteiger partial charge on any atom is -0.345 e. The Hall–Kier alpha value is -1.16. The van der Waals surface area contributed by atoms with E-state index in [1.807, 2.05) is 19.1 Å². The predicted molar refractivity (Wildman–Crippen MR) is 61.8 cm³/mol. The maximum absolute atomic E-state index is 11.6. The van der Waals surface area contributed by atoms with Crippen LogP contribution in [0.2, 0.25) is 0 Å². The van der Waals surface area contributed by atoms with Gasteiger partial charge in [0, 0.05) is 25.3 Å². The van der Waals surface area contributed by atoms with Gasteiger partial charge in [0.1, 0.15) is 0 Å². The molecule has 0 fully saturated rings. The Balaban J connectivity index is 3.06. The first kappa shape index (κ1) is 10.9.